The molecule has 2 aromatic heterocycles. The van der Waals surface area contributed by atoms with Crippen LogP contribution in [0.5, 0.6) is 0 Å². The molecule has 11 aromatic carbocycles. The molecule has 62 heavy (non-hydrogen) atoms. The molecule has 0 nitrogen and oxygen atoms in total. The van der Waals surface area contributed by atoms with E-state index in [0.29, 0.717) is 0 Å². The predicted octanol–water partition coefficient (Wildman–Crippen LogP) is 18.2. The molecule has 0 amide bonds. The van der Waals surface area contributed by atoms with Crippen molar-refractivity contribution in [1.29, 1.82) is 0 Å². The molecule has 0 bridgehead atoms. The number of hydrogen-bond donors (Lipinski definition) is 0. The lowest BCUT2D eigenvalue weighted by Crippen LogP contribution is -2.00. The second-order valence-corrected chi connectivity index (χ2v) is 18.7. The second kappa shape index (κ2) is 13.1. The van der Waals surface area contributed by atoms with Crippen LogP contribution in [0.4, 0.5) is 0 Å². The minimum Gasteiger partial charge on any atom is -0.135 e. The standard InChI is InChI=1S/C60H34S2/c1-3-16-39-37(14-1)38-15-2-4-17-40(38)53-34-55-42-31-30-35(36-22-11-25-48-43-19-7-9-28-56(43)61-59(36)48)32-51(42)47-24-12-23-46(58(47)45-21-6-5-18-41(45)54(55)33-52(39)53)50-27-13-26-49-44-20-8-10-29-57(44)62-60(49)50/h1-34H. The Bertz CT molecular complexity index is 4050. The highest BCUT2D eigenvalue weighted by Crippen LogP contribution is 2.54. The van der Waals surface area contributed by atoms with Crippen LogP contribution >= 0.6 is 22.7 Å². The van der Waals surface area contributed by atoms with Gasteiger partial charge in [-0.25, -0.2) is 0 Å². The molecule has 0 fully saturated rings. The topological polar surface area (TPSA) is 0 Å². The van der Waals surface area contributed by atoms with Gasteiger partial charge in [0.15, 0.2) is 0 Å². The Morgan fingerprint density at radius 3 is 1.21 bits per heavy atom. The van der Waals surface area contributed by atoms with Crippen LogP contribution < -0.4 is 0 Å². The first-order chi connectivity index (χ1) is 30.8. The van der Waals surface area contributed by atoms with Gasteiger partial charge in [0.1, 0.15) is 0 Å². The van der Waals surface area contributed by atoms with E-state index in [0.717, 1.165) is 0 Å². The van der Waals surface area contributed by atoms with E-state index in [-0.39, 0.29) is 0 Å². The SMILES string of the molecule is c1ccc2c(c1)-c1cc3c4ccccc4c4ccccc4c3cc1-c1ccc(-c3cccc4c3sc3ccccc34)cc1-c1cccc(-c3cccc4c3sc3ccccc34)c1-2. The van der Waals surface area contributed by atoms with Crippen molar-refractivity contribution in [2.45, 2.75) is 0 Å². The average Bonchev–Trinajstić information content (AvgIpc) is 3.92. The Morgan fingerprint density at radius 2 is 0.597 bits per heavy atom. The maximum Gasteiger partial charge on any atom is 0.0434 e. The van der Waals surface area contributed by atoms with Gasteiger partial charge in [-0.15, -0.1) is 22.7 Å². The van der Waals surface area contributed by atoms with E-state index < -0.39 is 0 Å². The molecule has 0 saturated heterocycles. The Kier molecular flexibility index (Phi) is 7.24. The summed E-state index contributed by atoms with van der Waals surface area (Å²) < 4.78 is 5.31. The van der Waals surface area contributed by atoms with Crippen molar-refractivity contribution in [3.8, 4) is 66.8 Å². The van der Waals surface area contributed by atoms with Gasteiger partial charge in [0.25, 0.3) is 0 Å². The Balaban J connectivity index is 1.13. The molecule has 1 aliphatic carbocycles. The fourth-order valence-electron chi connectivity index (χ4n) is 10.7. The monoisotopic (exact) mass is 818 g/mol. The number of benzene rings is 11. The zero-order valence-corrected chi connectivity index (χ0v) is 35.1. The van der Waals surface area contributed by atoms with Crippen LogP contribution in [0.15, 0.2) is 206 Å². The maximum atomic E-state index is 2.51. The van der Waals surface area contributed by atoms with Crippen molar-refractivity contribution in [2.75, 3.05) is 0 Å². The van der Waals surface area contributed by atoms with Crippen molar-refractivity contribution < 1.29 is 0 Å². The largest absolute Gasteiger partial charge is 0.135 e. The molecule has 0 N–H and O–H groups in total. The molecule has 286 valence electrons. The molecule has 0 saturated carbocycles. The molecule has 14 rings (SSSR count). The molecule has 0 spiro atoms. The lowest BCUT2D eigenvalue weighted by molar-refractivity contribution is 1.53. The fourth-order valence-corrected chi connectivity index (χ4v) is 13.2. The van der Waals surface area contributed by atoms with E-state index >= 15 is 0 Å². The summed E-state index contributed by atoms with van der Waals surface area (Å²) >= 11 is 3.81. The third-order valence-electron chi connectivity index (χ3n) is 13.4. The van der Waals surface area contributed by atoms with E-state index in [1.807, 2.05) is 22.7 Å². The van der Waals surface area contributed by atoms with E-state index in [1.165, 1.54) is 139 Å². The Morgan fingerprint density at radius 1 is 0.210 bits per heavy atom. The highest BCUT2D eigenvalue weighted by atomic mass is 32.1. The van der Waals surface area contributed by atoms with Crippen LogP contribution in [0.1, 0.15) is 0 Å². The van der Waals surface area contributed by atoms with Gasteiger partial charge in [0.05, 0.1) is 0 Å². The van der Waals surface area contributed by atoms with Crippen LogP contribution in [-0.2, 0) is 0 Å². The van der Waals surface area contributed by atoms with Crippen LogP contribution in [0.3, 0.4) is 0 Å². The van der Waals surface area contributed by atoms with Gasteiger partial charge in [0, 0.05) is 45.9 Å². The smallest absolute Gasteiger partial charge is 0.0434 e. The van der Waals surface area contributed by atoms with Gasteiger partial charge in [-0.2, -0.15) is 0 Å². The molecule has 2 heteroatoms. The van der Waals surface area contributed by atoms with Crippen LogP contribution in [0, 0.1) is 0 Å². The molecule has 2 heterocycles. The highest BCUT2D eigenvalue weighted by molar-refractivity contribution is 7.26. The molecule has 0 atom stereocenters. The van der Waals surface area contributed by atoms with E-state index in [1.54, 1.807) is 0 Å². The molecular weight excluding hydrogens is 785 g/mol. The van der Waals surface area contributed by atoms with Gasteiger partial charge in [0.2, 0.25) is 0 Å². The van der Waals surface area contributed by atoms with Crippen molar-refractivity contribution in [2.24, 2.45) is 0 Å². The predicted molar refractivity (Wildman–Crippen MR) is 271 cm³/mol. The van der Waals surface area contributed by atoms with Crippen molar-refractivity contribution in [1.82, 2.24) is 0 Å². The molecule has 0 aliphatic heterocycles. The first-order valence-corrected chi connectivity index (χ1v) is 23.0. The minimum absolute atomic E-state index is 1.23. The number of hydrogen-bond acceptors (Lipinski definition) is 2. The van der Waals surface area contributed by atoms with Crippen molar-refractivity contribution >= 4 is 95.3 Å². The third-order valence-corrected chi connectivity index (χ3v) is 15.9. The summed E-state index contributed by atoms with van der Waals surface area (Å²) in [6.45, 7) is 0. The lowest BCUT2D eigenvalue weighted by Gasteiger charge is -2.26. The maximum absolute atomic E-state index is 2.51. The van der Waals surface area contributed by atoms with E-state index in [2.05, 4.69) is 206 Å². The zero-order chi connectivity index (χ0) is 40.5. The number of rotatable bonds is 2. The average molecular weight is 819 g/mol. The van der Waals surface area contributed by atoms with Crippen molar-refractivity contribution in [3.05, 3.63) is 206 Å². The third kappa shape index (κ3) is 4.82. The van der Waals surface area contributed by atoms with Gasteiger partial charge in [-0.1, -0.05) is 176 Å². The summed E-state index contributed by atoms with van der Waals surface area (Å²) in [7, 11) is 0. The summed E-state index contributed by atoms with van der Waals surface area (Å²) in [6.07, 6.45) is 0. The summed E-state index contributed by atoms with van der Waals surface area (Å²) in [5.74, 6) is 0. The number of thiophene rings is 2. The summed E-state index contributed by atoms with van der Waals surface area (Å²) in [4.78, 5) is 0. The first-order valence-electron chi connectivity index (χ1n) is 21.3. The Labute approximate surface area is 366 Å². The molecule has 0 radical (unpaired) electrons. The van der Waals surface area contributed by atoms with Gasteiger partial charge >= 0.3 is 0 Å². The quantitative estimate of drug-likeness (QED) is 0.152. The van der Waals surface area contributed by atoms with Crippen LogP contribution in [0.25, 0.3) is 139 Å². The summed E-state index contributed by atoms with van der Waals surface area (Å²) in [5, 5.41) is 13.0. The van der Waals surface area contributed by atoms with Gasteiger partial charge in [-0.05, 0) is 124 Å². The summed E-state index contributed by atoms with van der Waals surface area (Å²) in [5.41, 5.74) is 15.1. The number of fused-ring (bicyclic) bond motifs is 20. The molecular formula is C60H34S2. The summed E-state index contributed by atoms with van der Waals surface area (Å²) in [6, 6.07) is 77.8. The highest BCUT2D eigenvalue weighted by Gasteiger charge is 2.27. The molecule has 0 unspecified atom stereocenters. The first kappa shape index (κ1) is 34.4. The Hall–Kier alpha value is -7.36. The van der Waals surface area contributed by atoms with Crippen molar-refractivity contribution in [3.63, 3.8) is 0 Å². The second-order valence-electron chi connectivity index (χ2n) is 16.6. The normalized spacial score (nSPS) is 12.2. The fraction of sp³-hybridized carbons (Fsp3) is 0. The zero-order valence-electron chi connectivity index (χ0n) is 33.4. The van der Waals surface area contributed by atoms with Gasteiger partial charge < -0.3 is 0 Å². The van der Waals surface area contributed by atoms with E-state index in [9.17, 15) is 0 Å². The van der Waals surface area contributed by atoms with Crippen LogP contribution in [-0.4, -0.2) is 0 Å². The van der Waals surface area contributed by atoms with Crippen LogP contribution in [0.2, 0.25) is 0 Å². The minimum atomic E-state index is 1.23. The lowest BCUT2D eigenvalue weighted by atomic mass is 9.77. The molecule has 1 aliphatic rings. The molecule has 13 aromatic rings. The van der Waals surface area contributed by atoms with Gasteiger partial charge in [-0.3, -0.25) is 0 Å². The van der Waals surface area contributed by atoms with E-state index in [4.69, 9.17) is 0 Å².